The molecule has 0 spiro atoms. The van der Waals surface area contributed by atoms with E-state index in [1.807, 2.05) is 12.3 Å². The van der Waals surface area contributed by atoms with Crippen LogP contribution in [-0.4, -0.2) is 50.7 Å². The molecule has 1 aliphatic heterocycles. The van der Waals surface area contributed by atoms with Crippen LogP contribution in [0.4, 0.5) is 0 Å². The van der Waals surface area contributed by atoms with Gasteiger partial charge in [0.15, 0.2) is 0 Å². The van der Waals surface area contributed by atoms with Gasteiger partial charge in [-0.2, -0.15) is 0 Å². The molecule has 8 nitrogen and oxygen atoms in total. The van der Waals surface area contributed by atoms with Crippen molar-refractivity contribution in [2.45, 2.75) is 19.4 Å². The SMILES string of the molecule is O=C(NCCn1cnnn1)c1cncc(CC2CCNC2)c1. The van der Waals surface area contributed by atoms with Gasteiger partial charge in [-0.3, -0.25) is 9.78 Å². The first-order valence-corrected chi connectivity index (χ1v) is 7.45. The largest absolute Gasteiger partial charge is 0.350 e. The molecule has 2 aromatic rings. The van der Waals surface area contributed by atoms with E-state index in [4.69, 9.17) is 0 Å². The molecule has 2 aromatic heterocycles. The predicted molar refractivity (Wildman–Crippen MR) is 79.1 cm³/mol. The fraction of sp³-hybridized carbons (Fsp3) is 0.500. The first-order valence-electron chi connectivity index (χ1n) is 7.45. The molecule has 0 saturated carbocycles. The number of carbonyl (C=O) groups is 1. The number of aromatic nitrogens is 5. The summed E-state index contributed by atoms with van der Waals surface area (Å²) in [7, 11) is 0. The van der Waals surface area contributed by atoms with Crippen molar-refractivity contribution in [3.8, 4) is 0 Å². The minimum absolute atomic E-state index is 0.119. The molecule has 0 aliphatic carbocycles. The Kier molecular flexibility index (Phi) is 4.69. The van der Waals surface area contributed by atoms with Crippen LogP contribution in [-0.2, 0) is 13.0 Å². The highest BCUT2D eigenvalue weighted by atomic mass is 16.1. The van der Waals surface area contributed by atoms with Crippen LogP contribution in [0.2, 0.25) is 0 Å². The minimum Gasteiger partial charge on any atom is -0.350 e. The van der Waals surface area contributed by atoms with Gasteiger partial charge in [0, 0.05) is 18.9 Å². The molecule has 116 valence electrons. The van der Waals surface area contributed by atoms with Crippen LogP contribution in [0.1, 0.15) is 22.3 Å². The predicted octanol–water partition coefficient (Wildman–Crippen LogP) is -0.350. The maximum Gasteiger partial charge on any atom is 0.252 e. The van der Waals surface area contributed by atoms with E-state index < -0.39 is 0 Å². The van der Waals surface area contributed by atoms with Crippen LogP contribution in [0.15, 0.2) is 24.8 Å². The Hall–Kier alpha value is -2.35. The average molecular weight is 301 g/mol. The summed E-state index contributed by atoms with van der Waals surface area (Å²) >= 11 is 0. The molecule has 2 N–H and O–H groups in total. The summed E-state index contributed by atoms with van der Waals surface area (Å²) in [5.41, 5.74) is 1.71. The van der Waals surface area contributed by atoms with Crippen molar-refractivity contribution in [3.63, 3.8) is 0 Å². The number of rotatable bonds is 6. The van der Waals surface area contributed by atoms with Crippen molar-refractivity contribution in [1.29, 1.82) is 0 Å². The van der Waals surface area contributed by atoms with Crippen LogP contribution in [0, 0.1) is 5.92 Å². The highest BCUT2D eigenvalue weighted by Gasteiger charge is 2.16. The van der Waals surface area contributed by atoms with Gasteiger partial charge in [0.2, 0.25) is 0 Å². The fourth-order valence-corrected chi connectivity index (χ4v) is 2.61. The number of amides is 1. The minimum atomic E-state index is -0.119. The smallest absolute Gasteiger partial charge is 0.252 e. The third-order valence-electron chi connectivity index (χ3n) is 3.76. The summed E-state index contributed by atoms with van der Waals surface area (Å²) in [6, 6.07) is 1.93. The Morgan fingerprint density at radius 3 is 3.18 bits per heavy atom. The number of carbonyl (C=O) groups excluding carboxylic acids is 1. The molecule has 22 heavy (non-hydrogen) atoms. The number of nitrogens with one attached hydrogen (secondary N) is 2. The Morgan fingerprint density at radius 2 is 2.41 bits per heavy atom. The molecule has 0 bridgehead atoms. The number of nitrogens with zero attached hydrogens (tertiary/aromatic N) is 5. The standard InChI is InChI=1S/C14H19N7O/c22-14(17-3-4-21-10-18-19-20-21)13-6-12(8-16-9-13)5-11-1-2-15-7-11/h6,8-11,15H,1-5,7H2,(H,17,22). The van der Waals surface area contributed by atoms with Gasteiger partial charge in [-0.1, -0.05) is 0 Å². The summed E-state index contributed by atoms with van der Waals surface area (Å²) < 4.78 is 1.57. The highest BCUT2D eigenvalue weighted by molar-refractivity contribution is 5.93. The van der Waals surface area contributed by atoms with E-state index in [1.165, 1.54) is 12.7 Å². The molecule has 1 unspecified atom stereocenters. The molecule has 0 aromatic carbocycles. The van der Waals surface area contributed by atoms with E-state index in [0.717, 1.165) is 25.1 Å². The second-order valence-electron chi connectivity index (χ2n) is 5.47. The van der Waals surface area contributed by atoms with Crippen molar-refractivity contribution < 1.29 is 4.79 Å². The monoisotopic (exact) mass is 301 g/mol. The van der Waals surface area contributed by atoms with Gasteiger partial charge in [-0.05, 0) is 53.9 Å². The van der Waals surface area contributed by atoms with Crippen LogP contribution in [0.25, 0.3) is 0 Å². The van der Waals surface area contributed by atoms with Crippen molar-refractivity contribution in [2.75, 3.05) is 19.6 Å². The van der Waals surface area contributed by atoms with Gasteiger partial charge in [0.1, 0.15) is 6.33 Å². The second kappa shape index (κ2) is 7.08. The lowest BCUT2D eigenvalue weighted by Gasteiger charge is -2.09. The van der Waals surface area contributed by atoms with Crippen molar-refractivity contribution in [1.82, 2.24) is 35.8 Å². The zero-order valence-electron chi connectivity index (χ0n) is 12.3. The maximum atomic E-state index is 12.1. The van der Waals surface area contributed by atoms with Crippen LogP contribution < -0.4 is 10.6 Å². The lowest BCUT2D eigenvalue weighted by atomic mass is 9.99. The zero-order chi connectivity index (χ0) is 15.2. The molecule has 1 fully saturated rings. The highest BCUT2D eigenvalue weighted by Crippen LogP contribution is 2.15. The maximum absolute atomic E-state index is 12.1. The third kappa shape index (κ3) is 3.85. The van der Waals surface area contributed by atoms with Gasteiger partial charge >= 0.3 is 0 Å². The first kappa shape index (κ1) is 14.6. The van der Waals surface area contributed by atoms with Gasteiger partial charge < -0.3 is 10.6 Å². The molecule has 1 atom stereocenters. The van der Waals surface area contributed by atoms with Crippen LogP contribution in [0.5, 0.6) is 0 Å². The molecule has 1 aliphatic rings. The Bertz CT molecular complexity index is 607. The van der Waals surface area contributed by atoms with Gasteiger partial charge in [0.05, 0.1) is 12.1 Å². The van der Waals surface area contributed by atoms with Gasteiger partial charge in [-0.15, -0.1) is 5.10 Å². The van der Waals surface area contributed by atoms with Crippen molar-refractivity contribution in [2.24, 2.45) is 5.92 Å². The second-order valence-corrected chi connectivity index (χ2v) is 5.47. The molecule has 8 heteroatoms. The quantitative estimate of drug-likeness (QED) is 0.757. The lowest BCUT2D eigenvalue weighted by molar-refractivity contribution is 0.0951. The topological polar surface area (TPSA) is 97.6 Å². The van der Waals surface area contributed by atoms with E-state index in [1.54, 1.807) is 10.9 Å². The zero-order valence-corrected chi connectivity index (χ0v) is 12.3. The molecular weight excluding hydrogens is 282 g/mol. The molecule has 1 amide bonds. The summed E-state index contributed by atoms with van der Waals surface area (Å²) in [5.74, 6) is 0.520. The molecule has 3 heterocycles. The lowest BCUT2D eigenvalue weighted by Crippen LogP contribution is -2.27. The van der Waals surface area contributed by atoms with Crippen LogP contribution >= 0.6 is 0 Å². The summed E-state index contributed by atoms with van der Waals surface area (Å²) in [4.78, 5) is 16.3. The number of hydrogen-bond acceptors (Lipinski definition) is 6. The van der Waals surface area contributed by atoms with Gasteiger partial charge in [-0.25, -0.2) is 4.68 Å². The number of tetrazole rings is 1. The summed E-state index contributed by atoms with van der Waals surface area (Å²) in [6.45, 7) is 3.14. The number of hydrogen-bond donors (Lipinski definition) is 2. The molecule has 1 saturated heterocycles. The van der Waals surface area contributed by atoms with E-state index >= 15 is 0 Å². The Labute approximate surface area is 128 Å². The van der Waals surface area contributed by atoms with Gasteiger partial charge in [0.25, 0.3) is 5.91 Å². The van der Waals surface area contributed by atoms with Crippen molar-refractivity contribution in [3.05, 3.63) is 35.9 Å². The Morgan fingerprint density at radius 1 is 1.45 bits per heavy atom. The normalized spacial score (nSPS) is 17.5. The van der Waals surface area contributed by atoms with E-state index in [2.05, 4.69) is 31.1 Å². The molecule has 3 rings (SSSR count). The van der Waals surface area contributed by atoms with E-state index in [9.17, 15) is 4.79 Å². The fourth-order valence-electron chi connectivity index (χ4n) is 2.61. The van der Waals surface area contributed by atoms with Crippen molar-refractivity contribution >= 4 is 5.91 Å². The van der Waals surface area contributed by atoms with E-state index in [0.29, 0.717) is 24.6 Å². The first-order chi connectivity index (χ1) is 10.8. The third-order valence-corrected chi connectivity index (χ3v) is 3.76. The average Bonchev–Trinajstić information content (AvgIpc) is 3.21. The Balaban J connectivity index is 1.52. The van der Waals surface area contributed by atoms with E-state index in [-0.39, 0.29) is 5.91 Å². The molecule has 0 radical (unpaired) electrons. The summed E-state index contributed by atoms with van der Waals surface area (Å²) in [5, 5.41) is 17.0. The number of pyridine rings is 1. The van der Waals surface area contributed by atoms with Crippen LogP contribution in [0.3, 0.4) is 0 Å². The molecular formula is C14H19N7O. The summed E-state index contributed by atoms with van der Waals surface area (Å²) in [6.07, 6.45) is 7.11.